The number of carbonyl (C=O) groups excluding carboxylic acids is 2. The van der Waals surface area contributed by atoms with Gasteiger partial charge in [-0.3, -0.25) is 0 Å². The Balaban J connectivity index is 3.40. The molecule has 12 heteroatoms. The highest BCUT2D eigenvalue weighted by atomic mass is 16.6. The van der Waals surface area contributed by atoms with Crippen LogP contribution in [0.15, 0.2) is 0 Å². The van der Waals surface area contributed by atoms with E-state index < -0.39 is 11.9 Å². The van der Waals surface area contributed by atoms with Crippen molar-refractivity contribution in [1.29, 1.82) is 0 Å². The first-order valence-electron chi connectivity index (χ1n) is 12.2. The van der Waals surface area contributed by atoms with Gasteiger partial charge in [0.15, 0.2) is 0 Å². The van der Waals surface area contributed by atoms with Crippen LogP contribution in [0.2, 0.25) is 0 Å². The van der Waals surface area contributed by atoms with Crippen molar-refractivity contribution >= 4 is 11.9 Å². The zero-order chi connectivity index (χ0) is 26.4. The molecule has 0 saturated carbocycles. The van der Waals surface area contributed by atoms with Gasteiger partial charge in [0.2, 0.25) is 0 Å². The molecule has 0 saturated heterocycles. The Morgan fingerprint density at radius 1 is 0.389 bits per heavy atom. The summed E-state index contributed by atoms with van der Waals surface area (Å²) in [6.07, 6.45) is 0. The summed E-state index contributed by atoms with van der Waals surface area (Å²) in [4.78, 5) is 23.0. The van der Waals surface area contributed by atoms with Gasteiger partial charge in [-0.05, 0) is 13.8 Å². The van der Waals surface area contributed by atoms with Crippen LogP contribution in [0.1, 0.15) is 13.8 Å². The first kappa shape index (κ1) is 34.2. The highest BCUT2D eigenvalue weighted by molar-refractivity contribution is 5.98. The van der Waals surface area contributed by atoms with Gasteiger partial charge in [-0.1, -0.05) is 0 Å². The van der Waals surface area contributed by atoms with Crippen molar-refractivity contribution in [3.05, 3.63) is 0 Å². The van der Waals surface area contributed by atoms with E-state index in [4.69, 9.17) is 47.4 Å². The van der Waals surface area contributed by atoms with Gasteiger partial charge in [0.1, 0.15) is 13.2 Å². The molecule has 210 valence electrons. The van der Waals surface area contributed by atoms with E-state index in [2.05, 4.69) is 11.8 Å². The van der Waals surface area contributed by atoms with E-state index in [0.29, 0.717) is 92.5 Å². The molecule has 0 radical (unpaired) electrons. The fraction of sp³-hybridized carbons (Fsp3) is 0.833. The summed E-state index contributed by atoms with van der Waals surface area (Å²) in [5.41, 5.74) is 0. The minimum atomic E-state index is -0.841. The maximum absolute atomic E-state index is 11.5. The van der Waals surface area contributed by atoms with E-state index in [0.717, 1.165) is 0 Å². The summed E-state index contributed by atoms with van der Waals surface area (Å²) >= 11 is 0. The van der Waals surface area contributed by atoms with Gasteiger partial charge >= 0.3 is 11.9 Å². The summed E-state index contributed by atoms with van der Waals surface area (Å²) in [5.74, 6) is 2.42. The minimum Gasteiger partial charge on any atom is -0.454 e. The third kappa shape index (κ3) is 28.4. The zero-order valence-electron chi connectivity index (χ0n) is 21.6. The van der Waals surface area contributed by atoms with Crippen molar-refractivity contribution in [1.82, 2.24) is 0 Å². The molecule has 0 rings (SSSR count). The average molecular weight is 523 g/mol. The second kappa shape index (κ2) is 29.4. The van der Waals surface area contributed by atoms with Crippen LogP contribution in [0.5, 0.6) is 0 Å². The van der Waals surface area contributed by atoms with Crippen LogP contribution in [-0.4, -0.2) is 131 Å². The van der Waals surface area contributed by atoms with Gasteiger partial charge in [-0.25, -0.2) is 9.59 Å². The molecule has 0 aliphatic heterocycles. The summed E-state index contributed by atoms with van der Waals surface area (Å²) < 4.78 is 51.7. The lowest BCUT2D eigenvalue weighted by Crippen LogP contribution is -2.15. The molecule has 0 N–H and O–H groups in total. The van der Waals surface area contributed by atoms with Crippen molar-refractivity contribution in [2.45, 2.75) is 13.8 Å². The van der Waals surface area contributed by atoms with E-state index in [1.165, 1.54) is 0 Å². The van der Waals surface area contributed by atoms with Crippen molar-refractivity contribution in [2.24, 2.45) is 0 Å². The lowest BCUT2D eigenvalue weighted by atomic mass is 10.5. The van der Waals surface area contributed by atoms with E-state index >= 15 is 0 Å². The predicted molar refractivity (Wildman–Crippen MR) is 128 cm³/mol. The number of carbonyl (C=O) groups is 2. The fourth-order valence-electron chi connectivity index (χ4n) is 2.17. The van der Waals surface area contributed by atoms with Crippen LogP contribution in [-0.2, 0) is 57.0 Å². The molecule has 0 spiro atoms. The predicted octanol–water partition coefficient (Wildman–Crippen LogP) is 0.249. The van der Waals surface area contributed by atoms with Crippen LogP contribution in [0.3, 0.4) is 0 Å². The first-order valence-corrected chi connectivity index (χ1v) is 12.2. The molecule has 0 aliphatic rings. The van der Waals surface area contributed by atoms with Crippen LogP contribution in [0.25, 0.3) is 0 Å². The lowest BCUT2D eigenvalue weighted by molar-refractivity contribution is -0.140. The Morgan fingerprint density at radius 3 is 0.861 bits per heavy atom. The van der Waals surface area contributed by atoms with Crippen molar-refractivity contribution < 1.29 is 57.0 Å². The number of hydrogen-bond acceptors (Lipinski definition) is 12. The largest absolute Gasteiger partial charge is 0.454 e. The van der Waals surface area contributed by atoms with E-state index in [1.54, 1.807) is 0 Å². The van der Waals surface area contributed by atoms with Crippen molar-refractivity contribution in [3.63, 3.8) is 0 Å². The van der Waals surface area contributed by atoms with E-state index in [9.17, 15) is 9.59 Å². The Morgan fingerprint density at radius 2 is 0.611 bits per heavy atom. The summed E-state index contributed by atoms with van der Waals surface area (Å²) in [6.45, 7) is 11.2. The SMILES string of the molecule is CCOCCOCCOCCOCCOC(=O)C#CC(=O)OCCOCCOCCOCCOCC. The van der Waals surface area contributed by atoms with Gasteiger partial charge < -0.3 is 47.4 Å². The molecule has 0 aromatic carbocycles. The highest BCUT2D eigenvalue weighted by Gasteiger charge is 2.01. The molecule has 0 atom stereocenters. The fourth-order valence-corrected chi connectivity index (χ4v) is 2.17. The maximum Gasteiger partial charge on any atom is 0.385 e. The normalized spacial score (nSPS) is 10.6. The Hall–Kier alpha value is -1.82. The Labute approximate surface area is 214 Å². The molecule has 12 nitrogen and oxygen atoms in total. The number of esters is 2. The van der Waals surface area contributed by atoms with E-state index in [1.807, 2.05) is 13.8 Å². The second-order valence-electron chi connectivity index (χ2n) is 6.59. The van der Waals surface area contributed by atoms with Gasteiger partial charge in [0, 0.05) is 25.1 Å². The topological polar surface area (TPSA) is 126 Å². The molecular formula is C24H42O12. The number of ether oxygens (including phenoxy) is 10. The molecule has 0 unspecified atom stereocenters. The Kier molecular flexibility index (Phi) is 27.9. The minimum absolute atomic E-state index is 0.0123. The third-order valence-corrected chi connectivity index (χ3v) is 3.83. The summed E-state index contributed by atoms with van der Waals surface area (Å²) in [6, 6.07) is 0. The van der Waals surface area contributed by atoms with Gasteiger partial charge in [0.05, 0.1) is 92.5 Å². The molecule has 0 heterocycles. The standard InChI is InChI=1S/C24H42O12/c1-3-27-7-9-29-11-13-31-15-17-33-19-21-35-23(25)5-6-24(26)36-22-20-34-18-16-32-14-12-30-10-8-28-4-2/h3-4,7-22H2,1-2H3. The van der Waals surface area contributed by atoms with Crippen molar-refractivity contribution in [2.75, 3.05) is 119 Å². The molecular weight excluding hydrogens is 480 g/mol. The number of hydrogen-bond donors (Lipinski definition) is 0. The third-order valence-electron chi connectivity index (χ3n) is 3.83. The quantitative estimate of drug-likeness (QED) is 0.0669. The van der Waals surface area contributed by atoms with Gasteiger partial charge in [0.25, 0.3) is 0 Å². The van der Waals surface area contributed by atoms with E-state index in [-0.39, 0.29) is 26.4 Å². The Bertz CT molecular complexity index is 515. The molecule has 0 amide bonds. The number of rotatable bonds is 26. The van der Waals surface area contributed by atoms with Crippen LogP contribution in [0.4, 0.5) is 0 Å². The lowest BCUT2D eigenvalue weighted by Gasteiger charge is -2.07. The smallest absolute Gasteiger partial charge is 0.385 e. The average Bonchev–Trinajstić information content (AvgIpc) is 2.88. The first-order chi connectivity index (χ1) is 17.7. The maximum atomic E-state index is 11.5. The van der Waals surface area contributed by atoms with Crippen LogP contribution < -0.4 is 0 Å². The molecule has 36 heavy (non-hydrogen) atoms. The monoisotopic (exact) mass is 522 g/mol. The highest BCUT2D eigenvalue weighted by Crippen LogP contribution is 1.86. The van der Waals surface area contributed by atoms with Crippen LogP contribution >= 0.6 is 0 Å². The van der Waals surface area contributed by atoms with Crippen molar-refractivity contribution in [3.8, 4) is 11.8 Å². The second-order valence-corrected chi connectivity index (χ2v) is 6.59. The summed E-state index contributed by atoms with van der Waals surface area (Å²) in [7, 11) is 0. The zero-order valence-corrected chi connectivity index (χ0v) is 21.6. The van der Waals surface area contributed by atoms with Gasteiger partial charge in [-0.15, -0.1) is 0 Å². The van der Waals surface area contributed by atoms with Gasteiger partial charge in [-0.2, -0.15) is 0 Å². The molecule has 0 fully saturated rings. The van der Waals surface area contributed by atoms with Crippen LogP contribution in [0, 0.1) is 11.8 Å². The molecule has 0 aromatic rings. The molecule has 0 aromatic heterocycles. The summed E-state index contributed by atoms with van der Waals surface area (Å²) in [5, 5.41) is 0. The molecule has 0 bridgehead atoms. The molecule has 0 aliphatic carbocycles.